The number of urea groups is 1. The minimum atomic E-state index is -0.355. The number of carbonyl (C=O) groups excluding carboxylic acids is 1. The highest BCUT2D eigenvalue weighted by molar-refractivity contribution is 6.34. The molecular formula is C14H21ClN2O2. The summed E-state index contributed by atoms with van der Waals surface area (Å²) in [6.07, 6.45) is 0.303. The summed E-state index contributed by atoms with van der Waals surface area (Å²) in [6.45, 7) is 6.12. The lowest BCUT2D eigenvalue weighted by Gasteiger charge is -2.15. The molecule has 0 saturated carbocycles. The second-order valence-corrected chi connectivity index (χ2v) is 5.34. The summed E-state index contributed by atoms with van der Waals surface area (Å²) in [5.74, 6) is 0.221. The molecule has 5 heteroatoms. The van der Waals surface area contributed by atoms with Crippen LogP contribution < -0.4 is 10.6 Å². The van der Waals surface area contributed by atoms with Gasteiger partial charge in [0.1, 0.15) is 0 Å². The molecule has 0 aliphatic heterocycles. The molecular weight excluding hydrogens is 264 g/mol. The Balaban J connectivity index is 2.45. The van der Waals surface area contributed by atoms with Gasteiger partial charge in [-0.05, 0) is 37.8 Å². The van der Waals surface area contributed by atoms with E-state index >= 15 is 0 Å². The third kappa shape index (κ3) is 5.49. The molecule has 2 atom stereocenters. The first-order valence-electron chi connectivity index (χ1n) is 6.38. The average molecular weight is 285 g/mol. The second kappa shape index (κ2) is 7.36. The molecule has 19 heavy (non-hydrogen) atoms. The van der Waals surface area contributed by atoms with Crippen molar-refractivity contribution in [3.63, 3.8) is 0 Å². The molecule has 0 aliphatic rings. The summed E-state index contributed by atoms with van der Waals surface area (Å²) < 4.78 is 0. The van der Waals surface area contributed by atoms with Gasteiger partial charge in [-0.1, -0.05) is 30.7 Å². The standard InChI is InChI=1S/C14H21ClN2O2/c1-9(7-11(3)18)8-16-14(19)17-12-6-4-5-10(2)13(12)15/h4-6,9,11,18H,7-8H2,1-3H3,(H2,16,17,19). The van der Waals surface area contributed by atoms with Gasteiger partial charge >= 0.3 is 6.03 Å². The van der Waals surface area contributed by atoms with Crippen molar-refractivity contribution >= 4 is 23.3 Å². The number of amides is 2. The molecule has 1 rings (SSSR count). The predicted molar refractivity (Wildman–Crippen MR) is 78.7 cm³/mol. The van der Waals surface area contributed by atoms with E-state index < -0.39 is 0 Å². The fourth-order valence-electron chi connectivity index (χ4n) is 1.84. The zero-order valence-corrected chi connectivity index (χ0v) is 12.3. The van der Waals surface area contributed by atoms with E-state index in [-0.39, 0.29) is 18.1 Å². The number of benzene rings is 1. The van der Waals surface area contributed by atoms with Gasteiger partial charge in [0.25, 0.3) is 0 Å². The average Bonchev–Trinajstić information content (AvgIpc) is 2.32. The van der Waals surface area contributed by atoms with Crippen LogP contribution in [0.15, 0.2) is 18.2 Å². The number of rotatable bonds is 5. The van der Waals surface area contributed by atoms with Gasteiger partial charge in [0, 0.05) is 6.54 Å². The maximum Gasteiger partial charge on any atom is 0.319 e. The van der Waals surface area contributed by atoms with E-state index in [1.165, 1.54) is 0 Å². The summed E-state index contributed by atoms with van der Waals surface area (Å²) in [5, 5.41) is 15.3. The number of aliphatic hydroxyl groups excluding tert-OH is 1. The number of hydrogen-bond donors (Lipinski definition) is 3. The van der Waals surface area contributed by atoms with Gasteiger partial charge < -0.3 is 15.7 Å². The SMILES string of the molecule is Cc1cccc(NC(=O)NCC(C)CC(C)O)c1Cl. The van der Waals surface area contributed by atoms with Crippen molar-refractivity contribution in [2.24, 2.45) is 5.92 Å². The predicted octanol–water partition coefficient (Wildman–Crippen LogP) is 3.18. The van der Waals surface area contributed by atoms with Gasteiger partial charge in [-0.2, -0.15) is 0 Å². The Labute approximate surface area is 119 Å². The molecule has 0 aliphatic carbocycles. The highest BCUT2D eigenvalue weighted by Gasteiger charge is 2.10. The smallest absolute Gasteiger partial charge is 0.319 e. The third-order valence-corrected chi connectivity index (χ3v) is 3.30. The lowest BCUT2D eigenvalue weighted by atomic mass is 10.1. The van der Waals surface area contributed by atoms with Crippen LogP contribution in [0.25, 0.3) is 0 Å². The van der Waals surface area contributed by atoms with E-state index in [0.717, 1.165) is 5.56 Å². The van der Waals surface area contributed by atoms with Crippen molar-refractivity contribution in [1.29, 1.82) is 0 Å². The zero-order chi connectivity index (χ0) is 14.4. The third-order valence-electron chi connectivity index (χ3n) is 2.79. The molecule has 0 aromatic heterocycles. The molecule has 0 heterocycles. The van der Waals surface area contributed by atoms with Crippen LogP contribution in [0.5, 0.6) is 0 Å². The molecule has 1 aromatic carbocycles. The number of carbonyl (C=O) groups is 1. The molecule has 1 aromatic rings. The monoisotopic (exact) mass is 284 g/mol. The summed E-state index contributed by atoms with van der Waals surface area (Å²) in [7, 11) is 0. The number of hydrogen-bond acceptors (Lipinski definition) is 2. The van der Waals surface area contributed by atoms with Crippen LogP contribution in [0.3, 0.4) is 0 Å². The minimum Gasteiger partial charge on any atom is -0.393 e. The van der Waals surface area contributed by atoms with Gasteiger partial charge in [-0.15, -0.1) is 0 Å². The molecule has 0 saturated heterocycles. The van der Waals surface area contributed by atoms with Crippen LogP contribution in [0, 0.1) is 12.8 Å². The van der Waals surface area contributed by atoms with Crippen LogP contribution in [0.2, 0.25) is 5.02 Å². The number of aryl methyl sites for hydroxylation is 1. The van der Waals surface area contributed by atoms with E-state index in [0.29, 0.717) is 23.7 Å². The number of aliphatic hydroxyl groups is 1. The Morgan fingerprint density at radius 2 is 2.11 bits per heavy atom. The van der Waals surface area contributed by atoms with Crippen LogP contribution in [0.1, 0.15) is 25.8 Å². The van der Waals surface area contributed by atoms with Gasteiger partial charge in [0.15, 0.2) is 0 Å². The van der Waals surface area contributed by atoms with Gasteiger partial charge in [-0.3, -0.25) is 0 Å². The van der Waals surface area contributed by atoms with Crippen molar-refractivity contribution < 1.29 is 9.90 Å². The Hall–Kier alpha value is -1.26. The topological polar surface area (TPSA) is 61.4 Å². The Morgan fingerprint density at radius 3 is 2.74 bits per heavy atom. The van der Waals surface area contributed by atoms with Crippen molar-refractivity contribution in [3.05, 3.63) is 28.8 Å². The maximum atomic E-state index is 11.7. The van der Waals surface area contributed by atoms with E-state index in [1.54, 1.807) is 13.0 Å². The second-order valence-electron chi connectivity index (χ2n) is 4.96. The lowest BCUT2D eigenvalue weighted by molar-refractivity contribution is 0.163. The zero-order valence-electron chi connectivity index (χ0n) is 11.5. The molecule has 0 spiro atoms. The van der Waals surface area contributed by atoms with Gasteiger partial charge in [-0.25, -0.2) is 4.79 Å². The molecule has 0 radical (unpaired) electrons. The number of nitrogens with one attached hydrogen (secondary N) is 2. The molecule has 2 unspecified atom stereocenters. The largest absolute Gasteiger partial charge is 0.393 e. The van der Waals surface area contributed by atoms with Crippen molar-refractivity contribution in [3.8, 4) is 0 Å². The van der Waals surface area contributed by atoms with Crippen molar-refractivity contribution in [2.75, 3.05) is 11.9 Å². The van der Waals surface area contributed by atoms with E-state index in [4.69, 9.17) is 11.6 Å². The van der Waals surface area contributed by atoms with Crippen LogP contribution in [-0.4, -0.2) is 23.8 Å². The van der Waals surface area contributed by atoms with Crippen LogP contribution >= 0.6 is 11.6 Å². The molecule has 0 bridgehead atoms. The van der Waals surface area contributed by atoms with Gasteiger partial charge in [0.2, 0.25) is 0 Å². The highest BCUT2D eigenvalue weighted by Crippen LogP contribution is 2.24. The highest BCUT2D eigenvalue weighted by atomic mass is 35.5. The molecule has 4 nitrogen and oxygen atoms in total. The summed E-state index contributed by atoms with van der Waals surface area (Å²) >= 11 is 6.09. The maximum absolute atomic E-state index is 11.7. The fourth-order valence-corrected chi connectivity index (χ4v) is 2.02. The fraction of sp³-hybridized carbons (Fsp3) is 0.500. The van der Waals surface area contributed by atoms with E-state index in [1.807, 2.05) is 26.0 Å². The van der Waals surface area contributed by atoms with Crippen molar-refractivity contribution in [1.82, 2.24) is 5.32 Å². The summed E-state index contributed by atoms with van der Waals surface area (Å²) in [5.41, 5.74) is 1.52. The summed E-state index contributed by atoms with van der Waals surface area (Å²) in [6, 6.07) is 5.20. The molecule has 0 fully saturated rings. The summed E-state index contributed by atoms with van der Waals surface area (Å²) in [4.78, 5) is 11.7. The first-order valence-corrected chi connectivity index (χ1v) is 6.76. The quantitative estimate of drug-likeness (QED) is 0.778. The normalized spacial score (nSPS) is 13.7. The van der Waals surface area contributed by atoms with Gasteiger partial charge in [0.05, 0.1) is 16.8 Å². The van der Waals surface area contributed by atoms with E-state index in [2.05, 4.69) is 10.6 Å². The lowest BCUT2D eigenvalue weighted by Crippen LogP contribution is -2.33. The Kier molecular flexibility index (Phi) is 6.12. The Morgan fingerprint density at radius 1 is 1.42 bits per heavy atom. The molecule has 2 amide bonds. The van der Waals surface area contributed by atoms with Crippen LogP contribution in [-0.2, 0) is 0 Å². The van der Waals surface area contributed by atoms with Crippen LogP contribution in [0.4, 0.5) is 10.5 Å². The Bertz CT molecular complexity index is 435. The minimum absolute atomic E-state index is 0.221. The van der Waals surface area contributed by atoms with E-state index in [9.17, 15) is 9.90 Å². The number of anilines is 1. The first-order chi connectivity index (χ1) is 8.90. The molecule has 106 valence electrons. The number of halogens is 1. The van der Waals surface area contributed by atoms with Crippen molar-refractivity contribution in [2.45, 2.75) is 33.3 Å². The first kappa shape index (κ1) is 15.8. The molecule has 3 N–H and O–H groups in total.